The molecule has 0 spiro atoms. The molecule has 1 unspecified atom stereocenters. The van der Waals surface area contributed by atoms with E-state index < -0.39 is 0 Å². The van der Waals surface area contributed by atoms with Gasteiger partial charge in [0.1, 0.15) is 5.82 Å². The molecule has 2 N–H and O–H groups in total. The molecule has 3 heteroatoms. The van der Waals surface area contributed by atoms with Crippen molar-refractivity contribution in [3.63, 3.8) is 0 Å². The average molecular weight is 266 g/mol. The molecule has 108 valence electrons. The van der Waals surface area contributed by atoms with Crippen LogP contribution in [0.3, 0.4) is 0 Å². The van der Waals surface area contributed by atoms with Gasteiger partial charge in [-0.1, -0.05) is 19.9 Å². The number of benzene rings is 1. The van der Waals surface area contributed by atoms with Crippen LogP contribution >= 0.6 is 0 Å². The Balaban J connectivity index is 2.94. The van der Waals surface area contributed by atoms with Crippen molar-refractivity contribution in [2.75, 3.05) is 11.9 Å². The van der Waals surface area contributed by atoms with Gasteiger partial charge in [0.05, 0.1) is 5.69 Å². The Bertz CT molecular complexity index is 415. The highest BCUT2D eigenvalue weighted by molar-refractivity contribution is 5.50. The lowest BCUT2D eigenvalue weighted by Crippen LogP contribution is -2.41. The van der Waals surface area contributed by atoms with E-state index in [2.05, 4.69) is 20.8 Å². The average Bonchev–Trinajstić information content (AvgIpc) is 2.38. The van der Waals surface area contributed by atoms with Gasteiger partial charge >= 0.3 is 0 Å². The Labute approximate surface area is 116 Å². The zero-order valence-electron chi connectivity index (χ0n) is 12.8. The Morgan fingerprint density at radius 3 is 2.42 bits per heavy atom. The van der Waals surface area contributed by atoms with Gasteiger partial charge in [0.2, 0.25) is 0 Å². The van der Waals surface area contributed by atoms with Crippen molar-refractivity contribution in [2.45, 2.75) is 58.5 Å². The molecule has 2 nitrogen and oxygen atoms in total. The highest BCUT2D eigenvalue weighted by atomic mass is 19.1. The molecule has 0 aliphatic rings. The van der Waals surface area contributed by atoms with Crippen molar-refractivity contribution in [2.24, 2.45) is 5.73 Å². The van der Waals surface area contributed by atoms with Gasteiger partial charge in [-0.15, -0.1) is 0 Å². The number of nitrogens with zero attached hydrogens (tertiary/aromatic N) is 1. The number of rotatable bonds is 6. The maximum absolute atomic E-state index is 14.2. The zero-order valence-corrected chi connectivity index (χ0v) is 12.8. The van der Waals surface area contributed by atoms with Crippen molar-refractivity contribution in [1.29, 1.82) is 0 Å². The van der Waals surface area contributed by atoms with E-state index in [0.717, 1.165) is 24.8 Å². The van der Waals surface area contributed by atoms with Crippen molar-refractivity contribution in [3.8, 4) is 0 Å². The Kier molecular flexibility index (Phi) is 5.36. The van der Waals surface area contributed by atoms with Gasteiger partial charge in [-0.3, -0.25) is 0 Å². The van der Waals surface area contributed by atoms with Gasteiger partial charge in [-0.05, 0) is 50.8 Å². The first-order valence-corrected chi connectivity index (χ1v) is 7.09. The summed E-state index contributed by atoms with van der Waals surface area (Å²) in [5.41, 5.74) is 7.48. The summed E-state index contributed by atoms with van der Waals surface area (Å²) in [5.74, 6) is -0.162. The molecule has 0 radical (unpaired) electrons. The normalized spacial score (nSPS) is 13.4. The fourth-order valence-electron chi connectivity index (χ4n) is 1.96. The van der Waals surface area contributed by atoms with Gasteiger partial charge < -0.3 is 10.6 Å². The fraction of sp³-hybridized carbons (Fsp3) is 0.625. The summed E-state index contributed by atoms with van der Waals surface area (Å²) in [6.07, 6.45) is 2.60. The van der Waals surface area contributed by atoms with Crippen LogP contribution in [0.1, 0.15) is 46.1 Å². The predicted molar refractivity (Wildman–Crippen MR) is 81.1 cm³/mol. The third-order valence-corrected chi connectivity index (χ3v) is 4.17. The highest BCUT2D eigenvalue weighted by Crippen LogP contribution is 2.28. The van der Waals surface area contributed by atoms with Gasteiger partial charge in [0.25, 0.3) is 0 Å². The Hall–Kier alpha value is -1.09. The molecule has 0 saturated heterocycles. The number of hydrogen-bond acceptors (Lipinski definition) is 2. The van der Waals surface area contributed by atoms with Crippen LogP contribution in [0.4, 0.5) is 10.1 Å². The van der Waals surface area contributed by atoms with Gasteiger partial charge in [-0.25, -0.2) is 4.39 Å². The lowest BCUT2D eigenvalue weighted by molar-refractivity contribution is 0.462. The quantitative estimate of drug-likeness (QED) is 0.850. The number of hydrogen-bond donors (Lipinski definition) is 1. The van der Waals surface area contributed by atoms with Crippen LogP contribution in [-0.4, -0.2) is 18.6 Å². The summed E-state index contributed by atoms with van der Waals surface area (Å²) in [6, 6.07) is 5.57. The minimum absolute atomic E-state index is 0.0534. The Morgan fingerprint density at radius 1 is 1.32 bits per heavy atom. The summed E-state index contributed by atoms with van der Waals surface area (Å²) >= 11 is 0. The third-order valence-electron chi connectivity index (χ3n) is 4.17. The first-order chi connectivity index (χ1) is 8.81. The second-order valence-corrected chi connectivity index (χ2v) is 5.88. The van der Waals surface area contributed by atoms with Gasteiger partial charge in [0, 0.05) is 18.6 Å². The minimum Gasteiger partial charge on any atom is -0.367 e. The van der Waals surface area contributed by atoms with E-state index in [1.807, 2.05) is 31.0 Å². The summed E-state index contributed by atoms with van der Waals surface area (Å²) in [6.45, 7) is 8.40. The summed E-state index contributed by atoms with van der Waals surface area (Å²) in [4.78, 5) is 2.01. The van der Waals surface area contributed by atoms with Crippen LogP contribution in [-0.2, 0) is 6.42 Å². The van der Waals surface area contributed by atoms with E-state index in [9.17, 15) is 4.39 Å². The van der Waals surface area contributed by atoms with Gasteiger partial charge in [-0.2, -0.15) is 0 Å². The van der Waals surface area contributed by atoms with Crippen LogP contribution in [0.2, 0.25) is 0 Å². The molecule has 0 fully saturated rings. The molecule has 1 atom stereocenters. The lowest BCUT2D eigenvalue weighted by Gasteiger charge is -2.37. The highest BCUT2D eigenvalue weighted by Gasteiger charge is 2.23. The van der Waals surface area contributed by atoms with Crippen LogP contribution in [0.25, 0.3) is 0 Å². The second-order valence-electron chi connectivity index (χ2n) is 5.88. The van der Waals surface area contributed by atoms with Crippen molar-refractivity contribution < 1.29 is 4.39 Å². The SMILES string of the molecule is CCC(N)Cc1ccc(N(C)C(C)(C)CC)c(F)c1. The number of anilines is 1. The van der Waals surface area contributed by atoms with Crippen molar-refractivity contribution in [3.05, 3.63) is 29.6 Å². The topological polar surface area (TPSA) is 29.3 Å². The van der Waals surface area contributed by atoms with E-state index in [4.69, 9.17) is 5.73 Å². The molecule has 0 aromatic heterocycles. The molecule has 19 heavy (non-hydrogen) atoms. The monoisotopic (exact) mass is 266 g/mol. The largest absolute Gasteiger partial charge is 0.367 e. The molecule has 0 saturated carbocycles. The summed E-state index contributed by atoms with van der Waals surface area (Å²) in [5, 5.41) is 0. The zero-order chi connectivity index (χ0) is 14.6. The van der Waals surface area contributed by atoms with Crippen LogP contribution in [0, 0.1) is 5.82 Å². The molecule has 0 bridgehead atoms. The third kappa shape index (κ3) is 3.93. The second kappa shape index (κ2) is 6.38. The predicted octanol–water partition coefficient (Wildman–Crippen LogP) is 3.73. The van der Waals surface area contributed by atoms with Crippen LogP contribution < -0.4 is 10.6 Å². The van der Waals surface area contributed by atoms with E-state index in [1.54, 1.807) is 6.07 Å². The number of nitrogens with two attached hydrogens (primary N) is 1. The first-order valence-electron chi connectivity index (χ1n) is 7.09. The maximum Gasteiger partial charge on any atom is 0.146 e. The summed E-state index contributed by atoms with van der Waals surface area (Å²) in [7, 11) is 1.94. The van der Waals surface area contributed by atoms with E-state index in [0.29, 0.717) is 5.69 Å². The molecule has 0 aliphatic heterocycles. The standard InChI is InChI=1S/C16H27FN2/c1-6-13(18)10-12-8-9-15(14(17)11-12)19(5)16(3,4)7-2/h8-9,11,13H,6-7,10,18H2,1-5H3. The smallest absolute Gasteiger partial charge is 0.146 e. The fourth-order valence-corrected chi connectivity index (χ4v) is 1.96. The molecule has 1 rings (SSSR count). The van der Waals surface area contributed by atoms with Crippen molar-refractivity contribution >= 4 is 5.69 Å². The summed E-state index contributed by atoms with van der Waals surface area (Å²) < 4.78 is 14.2. The lowest BCUT2D eigenvalue weighted by atomic mass is 9.98. The molecule has 0 aliphatic carbocycles. The minimum atomic E-state index is -0.162. The number of halogens is 1. The van der Waals surface area contributed by atoms with Gasteiger partial charge in [0.15, 0.2) is 0 Å². The van der Waals surface area contributed by atoms with Crippen molar-refractivity contribution in [1.82, 2.24) is 0 Å². The van der Waals surface area contributed by atoms with E-state index >= 15 is 0 Å². The van der Waals surface area contributed by atoms with E-state index in [1.165, 1.54) is 0 Å². The van der Waals surface area contributed by atoms with Crippen LogP contribution in [0.15, 0.2) is 18.2 Å². The molecule has 1 aromatic rings. The van der Waals surface area contributed by atoms with E-state index in [-0.39, 0.29) is 17.4 Å². The molecule has 0 heterocycles. The first kappa shape index (κ1) is 16.0. The molecule has 0 amide bonds. The Morgan fingerprint density at radius 2 is 1.95 bits per heavy atom. The maximum atomic E-state index is 14.2. The molecular formula is C16H27FN2. The molecule has 1 aromatic carbocycles. The van der Waals surface area contributed by atoms with Crippen LogP contribution in [0.5, 0.6) is 0 Å². The molecular weight excluding hydrogens is 239 g/mol.